The number of ether oxygens (including phenoxy) is 1. The number of alkyl carbamates (subject to hydrolysis) is 1. The van der Waals surface area contributed by atoms with Crippen LogP contribution >= 0.6 is 12.2 Å². The van der Waals surface area contributed by atoms with E-state index >= 15 is 0 Å². The third kappa shape index (κ3) is 7.26. The van der Waals surface area contributed by atoms with Crippen molar-refractivity contribution in [3.05, 3.63) is 47.8 Å². The van der Waals surface area contributed by atoms with Crippen molar-refractivity contribution in [1.29, 1.82) is 0 Å². The van der Waals surface area contributed by atoms with Crippen LogP contribution in [0.4, 0.5) is 4.79 Å². The molecular formula is C20H29N5O2S. The Morgan fingerprint density at radius 2 is 1.93 bits per heavy atom. The molecule has 0 saturated carbocycles. The van der Waals surface area contributed by atoms with Crippen molar-refractivity contribution in [1.82, 2.24) is 25.6 Å². The first-order chi connectivity index (χ1) is 13.1. The second kappa shape index (κ2) is 9.64. The van der Waals surface area contributed by atoms with Gasteiger partial charge in [0.2, 0.25) is 0 Å². The SMILES string of the molecule is CC(C)[C@H](NC(=O)OC(C)(C)C)C(=S)NCc1cn(Cc2ccccc2)nn1. The van der Waals surface area contributed by atoms with Crippen molar-refractivity contribution in [3.63, 3.8) is 0 Å². The minimum absolute atomic E-state index is 0.112. The van der Waals surface area contributed by atoms with E-state index in [1.807, 2.05) is 71.1 Å². The lowest BCUT2D eigenvalue weighted by atomic mass is 10.0. The number of nitrogens with zero attached hydrogens (tertiary/aromatic N) is 3. The minimum Gasteiger partial charge on any atom is -0.444 e. The van der Waals surface area contributed by atoms with Crippen LogP contribution in [-0.2, 0) is 17.8 Å². The van der Waals surface area contributed by atoms with E-state index in [2.05, 4.69) is 20.9 Å². The molecule has 0 saturated heterocycles. The molecule has 8 heteroatoms. The highest BCUT2D eigenvalue weighted by Crippen LogP contribution is 2.10. The molecule has 0 spiro atoms. The van der Waals surface area contributed by atoms with Gasteiger partial charge in [0.25, 0.3) is 0 Å². The van der Waals surface area contributed by atoms with Crippen LogP contribution in [0.15, 0.2) is 36.5 Å². The highest BCUT2D eigenvalue weighted by molar-refractivity contribution is 7.80. The van der Waals surface area contributed by atoms with E-state index in [1.165, 1.54) is 0 Å². The Labute approximate surface area is 171 Å². The first-order valence-electron chi connectivity index (χ1n) is 9.34. The highest BCUT2D eigenvalue weighted by atomic mass is 32.1. The molecule has 1 amide bonds. The van der Waals surface area contributed by atoms with Crippen molar-refractivity contribution in [2.75, 3.05) is 0 Å². The van der Waals surface area contributed by atoms with Crippen molar-refractivity contribution >= 4 is 23.3 Å². The molecule has 0 unspecified atom stereocenters. The predicted molar refractivity (Wildman–Crippen MR) is 113 cm³/mol. The maximum Gasteiger partial charge on any atom is 0.408 e. The summed E-state index contributed by atoms with van der Waals surface area (Å²) in [6, 6.07) is 9.74. The summed E-state index contributed by atoms with van der Waals surface area (Å²) in [5, 5.41) is 14.3. The normalized spacial score (nSPS) is 12.5. The number of thiocarbonyl (C=S) groups is 1. The van der Waals surface area contributed by atoms with E-state index in [0.29, 0.717) is 18.1 Å². The zero-order valence-corrected chi connectivity index (χ0v) is 17.9. The topological polar surface area (TPSA) is 81.1 Å². The summed E-state index contributed by atoms with van der Waals surface area (Å²) in [6.07, 6.45) is 1.40. The van der Waals surface area contributed by atoms with Gasteiger partial charge in [-0.25, -0.2) is 9.48 Å². The van der Waals surface area contributed by atoms with Crippen LogP contribution in [0.5, 0.6) is 0 Å². The summed E-state index contributed by atoms with van der Waals surface area (Å²) < 4.78 is 7.11. The number of carbonyl (C=O) groups excluding carboxylic acids is 1. The fraction of sp³-hybridized carbons (Fsp3) is 0.500. The number of carbonyl (C=O) groups is 1. The average Bonchev–Trinajstić information content (AvgIpc) is 3.04. The van der Waals surface area contributed by atoms with Gasteiger partial charge >= 0.3 is 6.09 Å². The second-order valence-corrected chi connectivity index (χ2v) is 8.42. The van der Waals surface area contributed by atoms with Crippen LogP contribution < -0.4 is 10.6 Å². The molecule has 28 heavy (non-hydrogen) atoms. The molecule has 0 aliphatic heterocycles. The van der Waals surface area contributed by atoms with Gasteiger partial charge in [-0.2, -0.15) is 0 Å². The molecule has 0 fully saturated rings. The van der Waals surface area contributed by atoms with E-state index < -0.39 is 11.7 Å². The lowest BCUT2D eigenvalue weighted by Gasteiger charge is -2.26. The van der Waals surface area contributed by atoms with Gasteiger partial charge in [0.15, 0.2) is 0 Å². The van der Waals surface area contributed by atoms with Crippen LogP contribution in [0.25, 0.3) is 0 Å². The molecule has 1 aromatic heterocycles. The molecule has 2 N–H and O–H groups in total. The van der Waals surface area contributed by atoms with E-state index in [4.69, 9.17) is 17.0 Å². The van der Waals surface area contributed by atoms with Gasteiger partial charge in [-0.05, 0) is 32.3 Å². The van der Waals surface area contributed by atoms with E-state index in [1.54, 1.807) is 4.68 Å². The van der Waals surface area contributed by atoms with E-state index in [0.717, 1.165) is 11.3 Å². The van der Waals surface area contributed by atoms with Gasteiger partial charge in [-0.1, -0.05) is 61.6 Å². The number of amides is 1. The van der Waals surface area contributed by atoms with Crippen molar-refractivity contribution in [3.8, 4) is 0 Å². The Balaban J connectivity index is 1.89. The van der Waals surface area contributed by atoms with E-state index in [-0.39, 0.29) is 12.0 Å². The predicted octanol–water partition coefficient (Wildman–Crippen LogP) is 3.29. The minimum atomic E-state index is -0.558. The van der Waals surface area contributed by atoms with E-state index in [9.17, 15) is 4.79 Å². The van der Waals surface area contributed by atoms with Crippen LogP contribution in [0.3, 0.4) is 0 Å². The van der Waals surface area contributed by atoms with Gasteiger partial charge in [-0.3, -0.25) is 0 Å². The van der Waals surface area contributed by atoms with Gasteiger partial charge in [-0.15, -0.1) is 5.10 Å². The monoisotopic (exact) mass is 403 g/mol. The van der Waals surface area contributed by atoms with Crippen molar-refractivity contribution < 1.29 is 9.53 Å². The summed E-state index contributed by atoms with van der Waals surface area (Å²) in [4.78, 5) is 12.6. The molecule has 2 rings (SSSR count). The summed E-state index contributed by atoms with van der Waals surface area (Å²) in [6.45, 7) is 10.6. The number of nitrogens with one attached hydrogen (secondary N) is 2. The third-order valence-electron chi connectivity index (χ3n) is 3.84. The summed E-state index contributed by atoms with van der Waals surface area (Å²) >= 11 is 5.49. The quantitative estimate of drug-likeness (QED) is 0.691. The van der Waals surface area contributed by atoms with Gasteiger partial charge in [0, 0.05) is 0 Å². The number of hydrogen-bond acceptors (Lipinski definition) is 5. The molecule has 1 atom stereocenters. The van der Waals surface area contributed by atoms with Crippen LogP contribution in [-0.4, -0.2) is 37.7 Å². The highest BCUT2D eigenvalue weighted by Gasteiger charge is 2.24. The second-order valence-electron chi connectivity index (χ2n) is 7.98. The summed E-state index contributed by atoms with van der Waals surface area (Å²) in [5.41, 5.74) is 1.37. The maximum absolute atomic E-state index is 12.1. The standard InChI is InChI=1S/C20H29N5O2S/c1-14(2)17(22-19(26)27-20(3,4)5)18(28)21-11-16-13-25(24-23-16)12-15-9-7-6-8-10-15/h6-10,13-14,17H,11-12H2,1-5H3,(H,21,28)(H,22,26)/t17-/m0/s1. The summed E-state index contributed by atoms with van der Waals surface area (Å²) in [5.74, 6) is 0.112. The molecule has 1 aromatic carbocycles. The largest absolute Gasteiger partial charge is 0.444 e. The lowest BCUT2D eigenvalue weighted by molar-refractivity contribution is 0.0508. The Kier molecular flexibility index (Phi) is 7.51. The molecule has 0 aliphatic rings. The molecule has 0 aliphatic carbocycles. The van der Waals surface area contributed by atoms with Gasteiger partial charge in [0.1, 0.15) is 11.3 Å². The fourth-order valence-corrected chi connectivity index (χ4v) is 2.93. The maximum atomic E-state index is 12.1. The smallest absolute Gasteiger partial charge is 0.408 e. The Morgan fingerprint density at radius 1 is 1.25 bits per heavy atom. The first-order valence-corrected chi connectivity index (χ1v) is 9.75. The van der Waals surface area contributed by atoms with Crippen LogP contribution in [0.2, 0.25) is 0 Å². The van der Waals surface area contributed by atoms with Crippen LogP contribution in [0.1, 0.15) is 45.9 Å². The molecule has 0 bridgehead atoms. The first kappa shape index (κ1) is 21.8. The number of hydrogen-bond donors (Lipinski definition) is 2. The Hall–Kier alpha value is -2.48. The third-order valence-corrected chi connectivity index (χ3v) is 4.24. The zero-order valence-electron chi connectivity index (χ0n) is 17.1. The summed E-state index contributed by atoms with van der Waals surface area (Å²) in [7, 11) is 0. The fourth-order valence-electron chi connectivity index (χ4n) is 2.52. The number of rotatable bonds is 7. The molecule has 7 nitrogen and oxygen atoms in total. The molecule has 2 aromatic rings. The van der Waals surface area contributed by atoms with Crippen LogP contribution in [0, 0.1) is 5.92 Å². The molecule has 1 heterocycles. The van der Waals surface area contributed by atoms with Gasteiger partial charge < -0.3 is 15.4 Å². The molecular weight excluding hydrogens is 374 g/mol. The molecule has 0 radical (unpaired) electrons. The van der Waals surface area contributed by atoms with Crippen molar-refractivity contribution in [2.24, 2.45) is 5.92 Å². The Bertz CT molecular complexity index is 783. The Morgan fingerprint density at radius 3 is 2.54 bits per heavy atom. The number of benzene rings is 1. The lowest BCUT2D eigenvalue weighted by Crippen LogP contribution is -2.49. The van der Waals surface area contributed by atoms with Gasteiger partial charge in [0.05, 0.1) is 30.3 Å². The molecule has 152 valence electrons. The zero-order chi connectivity index (χ0) is 20.7. The average molecular weight is 404 g/mol. The van der Waals surface area contributed by atoms with Crippen molar-refractivity contribution in [2.45, 2.75) is 59.4 Å². The number of aromatic nitrogens is 3.